The Kier molecular flexibility index (Phi) is 8.72. The number of methoxy groups -OCH3 is 1. The van der Waals surface area contributed by atoms with Crippen molar-refractivity contribution in [1.82, 2.24) is 15.0 Å². The van der Waals surface area contributed by atoms with Crippen molar-refractivity contribution in [1.29, 1.82) is 0 Å². The van der Waals surface area contributed by atoms with Crippen molar-refractivity contribution in [3.63, 3.8) is 0 Å². The second kappa shape index (κ2) is 12.7. The molecule has 0 amide bonds. The molecule has 200 valence electrons. The average molecular weight is 538 g/mol. The molecule has 0 spiro atoms. The minimum Gasteiger partial charge on any atom is -0.493 e. The minimum absolute atomic E-state index is 0.390. The maximum Gasteiger partial charge on any atom is 0.250 e. The van der Waals surface area contributed by atoms with E-state index < -0.39 is 0 Å². The van der Waals surface area contributed by atoms with Crippen molar-refractivity contribution in [3.05, 3.63) is 58.6 Å². The van der Waals surface area contributed by atoms with E-state index in [-0.39, 0.29) is 0 Å². The van der Waals surface area contributed by atoms with Gasteiger partial charge in [-0.3, -0.25) is 0 Å². The smallest absolute Gasteiger partial charge is 0.250 e. The van der Waals surface area contributed by atoms with Crippen LogP contribution < -0.4 is 24.7 Å². The monoisotopic (exact) mass is 537 g/mol. The number of anilines is 3. The van der Waals surface area contributed by atoms with Gasteiger partial charge in [0.2, 0.25) is 17.8 Å². The lowest BCUT2D eigenvalue weighted by Gasteiger charge is -2.30. The predicted molar refractivity (Wildman–Crippen MR) is 149 cm³/mol. The number of nitrogens with one attached hydrogen (secondary N) is 1. The van der Waals surface area contributed by atoms with Gasteiger partial charge < -0.3 is 24.0 Å². The van der Waals surface area contributed by atoms with Crippen LogP contribution in [0.25, 0.3) is 0 Å². The van der Waals surface area contributed by atoms with Crippen molar-refractivity contribution in [3.8, 4) is 11.5 Å². The largest absolute Gasteiger partial charge is 0.493 e. The molecule has 38 heavy (non-hydrogen) atoms. The fourth-order valence-electron chi connectivity index (χ4n) is 4.34. The molecular weight excluding hydrogens is 506 g/mol. The number of hydrogen-bond acceptors (Lipinski definition) is 10. The van der Waals surface area contributed by atoms with E-state index in [1.807, 2.05) is 42.5 Å². The molecule has 0 aliphatic carbocycles. The number of hydrogen-bond donors (Lipinski definition) is 1. The van der Waals surface area contributed by atoms with Gasteiger partial charge in [0.25, 0.3) is 0 Å². The Morgan fingerprint density at radius 2 is 1.63 bits per heavy atom. The molecule has 2 aliphatic heterocycles. The highest BCUT2D eigenvalue weighted by Crippen LogP contribution is 2.29. The number of piperidine rings is 1. The van der Waals surface area contributed by atoms with Gasteiger partial charge in [-0.1, -0.05) is 23.7 Å². The van der Waals surface area contributed by atoms with Gasteiger partial charge in [-0.05, 0) is 60.7 Å². The van der Waals surface area contributed by atoms with Crippen LogP contribution in [0.4, 0.5) is 17.8 Å². The van der Waals surface area contributed by atoms with Crippen molar-refractivity contribution >= 4 is 35.7 Å². The van der Waals surface area contributed by atoms with E-state index in [4.69, 9.17) is 30.8 Å². The first-order valence-electron chi connectivity index (χ1n) is 12.9. The topological polar surface area (TPSA) is 97.2 Å². The number of hydrazone groups is 1. The van der Waals surface area contributed by atoms with E-state index in [0.29, 0.717) is 54.2 Å². The van der Waals surface area contributed by atoms with Crippen molar-refractivity contribution in [2.24, 2.45) is 5.10 Å². The maximum atomic E-state index is 6.02. The lowest BCUT2D eigenvalue weighted by Crippen LogP contribution is -2.38. The summed E-state index contributed by atoms with van der Waals surface area (Å²) in [5, 5.41) is 5.10. The molecule has 0 radical (unpaired) electrons. The van der Waals surface area contributed by atoms with Crippen LogP contribution in [0.15, 0.2) is 47.6 Å². The van der Waals surface area contributed by atoms with Gasteiger partial charge in [-0.2, -0.15) is 20.1 Å². The highest BCUT2D eigenvalue weighted by Gasteiger charge is 2.20. The standard InChI is InChI=1S/C27H32ClN7O3/c1-36-23-10-7-21(17-24(23)38-19-20-5-8-22(28)9-6-20)18-29-33-25-30-26(34-11-3-2-4-12-34)32-27(31-25)35-13-15-37-16-14-35/h5-10,17-18H,2-4,11-16,19H2,1H3,(H,30,31,32,33)/b29-18+. The third kappa shape index (κ3) is 6.81. The summed E-state index contributed by atoms with van der Waals surface area (Å²) in [5.74, 6) is 2.99. The van der Waals surface area contributed by atoms with E-state index in [9.17, 15) is 0 Å². The summed E-state index contributed by atoms with van der Waals surface area (Å²) in [6.07, 6.45) is 5.21. The zero-order chi connectivity index (χ0) is 26.2. The van der Waals surface area contributed by atoms with Crippen LogP contribution in [-0.2, 0) is 11.3 Å². The maximum absolute atomic E-state index is 6.02. The Morgan fingerprint density at radius 1 is 0.921 bits per heavy atom. The summed E-state index contributed by atoms with van der Waals surface area (Å²) in [5.41, 5.74) is 4.84. The molecule has 0 unspecified atom stereocenters. The van der Waals surface area contributed by atoms with Crippen molar-refractivity contribution < 1.29 is 14.2 Å². The molecular formula is C27H32ClN7O3. The molecule has 1 N–H and O–H groups in total. The molecule has 2 aliphatic rings. The lowest BCUT2D eigenvalue weighted by molar-refractivity contribution is 0.122. The molecule has 10 nitrogen and oxygen atoms in total. The number of morpholine rings is 1. The van der Waals surface area contributed by atoms with Crippen LogP contribution >= 0.6 is 11.6 Å². The van der Waals surface area contributed by atoms with Gasteiger partial charge in [0.05, 0.1) is 26.5 Å². The molecule has 1 aromatic heterocycles. The number of halogens is 1. The second-order valence-corrected chi connectivity index (χ2v) is 9.54. The zero-order valence-electron chi connectivity index (χ0n) is 21.5. The van der Waals surface area contributed by atoms with Gasteiger partial charge in [-0.15, -0.1) is 0 Å². The zero-order valence-corrected chi connectivity index (χ0v) is 22.2. The summed E-state index contributed by atoms with van der Waals surface area (Å²) in [4.78, 5) is 18.4. The number of ether oxygens (including phenoxy) is 3. The Balaban J connectivity index is 1.30. The Labute approximate surface area is 227 Å². The van der Waals surface area contributed by atoms with Gasteiger partial charge in [0.15, 0.2) is 11.5 Å². The molecule has 11 heteroatoms. The molecule has 0 saturated carbocycles. The number of aromatic nitrogens is 3. The van der Waals surface area contributed by atoms with Crippen LogP contribution in [0.3, 0.4) is 0 Å². The van der Waals surface area contributed by atoms with Gasteiger partial charge in [0, 0.05) is 31.2 Å². The van der Waals surface area contributed by atoms with Crippen LogP contribution in [0.2, 0.25) is 5.02 Å². The minimum atomic E-state index is 0.390. The summed E-state index contributed by atoms with van der Waals surface area (Å²) in [6.45, 7) is 5.09. The summed E-state index contributed by atoms with van der Waals surface area (Å²) >= 11 is 5.98. The first-order valence-corrected chi connectivity index (χ1v) is 13.2. The molecule has 2 aromatic carbocycles. The Morgan fingerprint density at radius 3 is 2.34 bits per heavy atom. The molecule has 0 atom stereocenters. The van der Waals surface area contributed by atoms with Gasteiger partial charge >= 0.3 is 0 Å². The summed E-state index contributed by atoms with van der Waals surface area (Å²) in [7, 11) is 1.62. The highest BCUT2D eigenvalue weighted by molar-refractivity contribution is 6.30. The van der Waals surface area contributed by atoms with E-state index in [2.05, 4.69) is 30.3 Å². The molecule has 0 bridgehead atoms. The van der Waals surface area contributed by atoms with Gasteiger partial charge in [-0.25, -0.2) is 5.43 Å². The molecule has 2 saturated heterocycles. The average Bonchev–Trinajstić information content (AvgIpc) is 2.98. The molecule has 5 rings (SSSR count). The fourth-order valence-corrected chi connectivity index (χ4v) is 4.46. The third-order valence-corrected chi connectivity index (χ3v) is 6.67. The summed E-state index contributed by atoms with van der Waals surface area (Å²) in [6, 6.07) is 13.2. The van der Waals surface area contributed by atoms with Crippen LogP contribution in [0.5, 0.6) is 11.5 Å². The fraction of sp³-hybridized carbons (Fsp3) is 0.407. The van der Waals surface area contributed by atoms with Crippen molar-refractivity contribution in [2.75, 3.05) is 61.7 Å². The van der Waals surface area contributed by atoms with E-state index in [1.165, 1.54) is 6.42 Å². The Bertz CT molecular complexity index is 1190. The second-order valence-electron chi connectivity index (χ2n) is 9.10. The molecule has 2 fully saturated rings. The van der Waals surface area contributed by atoms with Crippen LogP contribution in [-0.4, -0.2) is 67.7 Å². The van der Waals surface area contributed by atoms with Crippen molar-refractivity contribution in [2.45, 2.75) is 25.9 Å². The third-order valence-electron chi connectivity index (χ3n) is 6.42. The predicted octanol–water partition coefficient (Wildman–Crippen LogP) is 4.39. The number of benzene rings is 2. The number of rotatable bonds is 9. The lowest BCUT2D eigenvalue weighted by atomic mass is 10.1. The SMILES string of the molecule is COc1ccc(/C=N/Nc2nc(N3CCCCC3)nc(N3CCOCC3)n2)cc1OCc1ccc(Cl)cc1. The first-order chi connectivity index (χ1) is 18.7. The molecule has 3 heterocycles. The van der Waals surface area contributed by atoms with Crippen LogP contribution in [0, 0.1) is 0 Å². The molecule has 3 aromatic rings. The normalized spacial score (nSPS) is 16.1. The van der Waals surface area contributed by atoms with Crippen LogP contribution in [0.1, 0.15) is 30.4 Å². The first kappa shape index (κ1) is 26.0. The van der Waals surface area contributed by atoms with E-state index in [0.717, 1.165) is 50.1 Å². The summed E-state index contributed by atoms with van der Waals surface area (Å²) < 4.78 is 17.0. The quantitative estimate of drug-likeness (QED) is 0.315. The van der Waals surface area contributed by atoms with Gasteiger partial charge in [0.1, 0.15) is 6.61 Å². The number of nitrogens with zero attached hydrogens (tertiary/aromatic N) is 6. The van der Waals surface area contributed by atoms with E-state index >= 15 is 0 Å². The Hall–Kier alpha value is -3.63. The van der Waals surface area contributed by atoms with E-state index in [1.54, 1.807) is 13.3 Å². The highest BCUT2D eigenvalue weighted by atomic mass is 35.5.